The molecule has 0 radical (unpaired) electrons. The van der Waals surface area contributed by atoms with Crippen LogP contribution in [0.15, 0.2) is 53.5 Å². The largest absolute Gasteiger partial charge is 0.496 e. The Morgan fingerprint density at radius 1 is 0.963 bits per heavy atom. The van der Waals surface area contributed by atoms with E-state index in [-0.39, 0.29) is 5.91 Å². The summed E-state index contributed by atoms with van der Waals surface area (Å²) in [6.07, 6.45) is 0. The molecule has 0 bridgehead atoms. The monoisotopic (exact) mass is 368 g/mol. The molecule has 2 aromatic carbocycles. The summed E-state index contributed by atoms with van der Waals surface area (Å²) in [5.41, 5.74) is 2.76. The van der Waals surface area contributed by atoms with Crippen LogP contribution in [0.5, 0.6) is 5.75 Å². The third kappa shape index (κ3) is 6.33. The van der Waals surface area contributed by atoms with Gasteiger partial charge in [-0.25, -0.2) is 4.99 Å². The third-order valence-corrected chi connectivity index (χ3v) is 3.96. The van der Waals surface area contributed by atoms with Crippen LogP contribution in [-0.2, 0) is 13.1 Å². The number of para-hydroxylation sites is 1. The van der Waals surface area contributed by atoms with Crippen molar-refractivity contribution in [3.63, 3.8) is 0 Å². The van der Waals surface area contributed by atoms with Gasteiger partial charge in [-0.3, -0.25) is 4.79 Å². The lowest BCUT2D eigenvalue weighted by Crippen LogP contribution is -2.36. The average molecular weight is 368 g/mol. The molecule has 0 aliphatic carbocycles. The van der Waals surface area contributed by atoms with Crippen LogP contribution in [-0.4, -0.2) is 32.1 Å². The zero-order valence-electron chi connectivity index (χ0n) is 16.2. The Hall–Kier alpha value is -3.02. The van der Waals surface area contributed by atoms with E-state index in [2.05, 4.69) is 20.9 Å². The molecule has 27 heavy (non-hydrogen) atoms. The summed E-state index contributed by atoms with van der Waals surface area (Å²) in [6, 6.07) is 15.4. The van der Waals surface area contributed by atoms with Gasteiger partial charge in [0.1, 0.15) is 5.75 Å². The van der Waals surface area contributed by atoms with E-state index in [9.17, 15) is 4.79 Å². The van der Waals surface area contributed by atoms with Crippen LogP contribution in [0.2, 0.25) is 0 Å². The maximum Gasteiger partial charge on any atom is 0.251 e. The van der Waals surface area contributed by atoms with Crippen molar-refractivity contribution in [3.05, 3.63) is 65.2 Å². The summed E-state index contributed by atoms with van der Waals surface area (Å²) in [5, 5.41) is 9.36. The average Bonchev–Trinajstić information content (AvgIpc) is 2.71. The molecule has 0 heterocycles. The Labute approximate surface area is 161 Å². The second kappa shape index (κ2) is 10.9. The van der Waals surface area contributed by atoms with Crippen LogP contribution < -0.4 is 20.7 Å². The van der Waals surface area contributed by atoms with Crippen molar-refractivity contribution < 1.29 is 9.53 Å². The Balaban J connectivity index is 1.99. The fourth-order valence-electron chi connectivity index (χ4n) is 2.56. The van der Waals surface area contributed by atoms with Gasteiger partial charge in [0.15, 0.2) is 5.96 Å². The summed E-state index contributed by atoms with van der Waals surface area (Å²) < 4.78 is 5.38. The molecule has 0 fully saturated rings. The van der Waals surface area contributed by atoms with E-state index in [0.717, 1.165) is 29.4 Å². The smallest absolute Gasteiger partial charge is 0.251 e. The summed E-state index contributed by atoms with van der Waals surface area (Å²) >= 11 is 0. The number of methoxy groups -OCH3 is 1. The van der Waals surface area contributed by atoms with Crippen LogP contribution >= 0.6 is 0 Å². The third-order valence-electron chi connectivity index (χ3n) is 3.96. The molecule has 6 nitrogen and oxygen atoms in total. The van der Waals surface area contributed by atoms with E-state index < -0.39 is 0 Å². The molecule has 0 saturated heterocycles. The molecule has 0 aliphatic rings. The summed E-state index contributed by atoms with van der Waals surface area (Å²) in [7, 11) is 1.67. The molecule has 1 amide bonds. The van der Waals surface area contributed by atoms with Crippen molar-refractivity contribution >= 4 is 11.9 Å². The minimum absolute atomic E-state index is 0.0561. The quantitative estimate of drug-likeness (QED) is 0.495. The summed E-state index contributed by atoms with van der Waals surface area (Å²) in [4.78, 5) is 16.4. The van der Waals surface area contributed by atoms with Crippen LogP contribution in [0.1, 0.15) is 35.3 Å². The fourth-order valence-corrected chi connectivity index (χ4v) is 2.56. The first-order valence-electron chi connectivity index (χ1n) is 9.19. The van der Waals surface area contributed by atoms with E-state index in [1.54, 1.807) is 7.11 Å². The van der Waals surface area contributed by atoms with Gasteiger partial charge in [-0.2, -0.15) is 0 Å². The standard InChI is InChI=1S/C21H28N4O2/c1-4-22-20(26)17-12-10-16(11-13-17)14-24-21(23-5-2)25-15-18-8-6-7-9-19(18)27-3/h6-13H,4-5,14-15H2,1-3H3,(H,22,26)(H2,23,24,25). The Bertz CT molecular complexity index is 757. The zero-order valence-corrected chi connectivity index (χ0v) is 16.2. The molecule has 144 valence electrons. The first-order valence-corrected chi connectivity index (χ1v) is 9.19. The van der Waals surface area contributed by atoms with Crippen LogP contribution in [0.4, 0.5) is 0 Å². The van der Waals surface area contributed by atoms with E-state index in [0.29, 0.717) is 25.2 Å². The van der Waals surface area contributed by atoms with Gasteiger partial charge in [0.05, 0.1) is 13.7 Å². The van der Waals surface area contributed by atoms with Gasteiger partial charge >= 0.3 is 0 Å². The van der Waals surface area contributed by atoms with Crippen molar-refractivity contribution in [2.75, 3.05) is 20.2 Å². The topological polar surface area (TPSA) is 74.8 Å². The van der Waals surface area contributed by atoms with Crippen molar-refractivity contribution in [1.29, 1.82) is 0 Å². The lowest BCUT2D eigenvalue weighted by Gasteiger charge is -2.13. The number of ether oxygens (including phenoxy) is 1. The number of rotatable bonds is 8. The molecule has 0 atom stereocenters. The van der Waals surface area contributed by atoms with E-state index >= 15 is 0 Å². The number of aliphatic imine (C=N–C) groups is 1. The van der Waals surface area contributed by atoms with Gasteiger partial charge in [-0.1, -0.05) is 30.3 Å². The minimum atomic E-state index is -0.0561. The molecule has 2 rings (SSSR count). The Morgan fingerprint density at radius 3 is 2.33 bits per heavy atom. The molecular formula is C21H28N4O2. The lowest BCUT2D eigenvalue weighted by atomic mass is 10.1. The van der Waals surface area contributed by atoms with Gasteiger partial charge in [0, 0.05) is 30.8 Å². The molecule has 6 heteroatoms. The van der Waals surface area contributed by atoms with Crippen molar-refractivity contribution in [1.82, 2.24) is 16.0 Å². The number of hydrogen-bond donors (Lipinski definition) is 3. The molecule has 0 aromatic heterocycles. The van der Waals surface area contributed by atoms with Gasteiger partial charge in [0.2, 0.25) is 0 Å². The maximum atomic E-state index is 11.8. The Kier molecular flexibility index (Phi) is 8.16. The SMILES string of the molecule is CCNC(=O)c1ccc(CN=C(NCC)NCc2ccccc2OC)cc1. The van der Waals surface area contributed by atoms with Gasteiger partial charge in [0.25, 0.3) is 5.91 Å². The molecule has 3 N–H and O–H groups in total. The van der Waals surface area contributed by atoms with Crippen LogP contribution in [0, 0.1) is 0 Å². The highest BCUT2D eigenvalue weighted by molar-refractivity contribution is 5.94. The highest BCUT2D eigenvalue weighted by atomic mass is 16.5. The molecule has 0 unspecified atom stereocenters. The van der Waals surface area contributed by atoms with Crippen molar-refractivity contribution in [3.8, 4) is 5.75 Å². The van der Waals surface area contributed by atoms with Crippen LogP contribution in [0.25, 0.3) is 0 Å². The number of nitrogens with one attached hydrogen (secondary N) is 3. The number of nitrogens with zero attached hydrogens (tertiary/aromatic N) is 1. The number of guanidine groups is 1. The number of hydrogen-bond acceptors (Lipinski definition) is 3. The predicted octanol–water partition coefficient (Wildman–Crippen LogP) is 2.70. The van der Waals surface area contributed by atoms with E-state index in [4.69, 9.17) is 4.74 Å². The lowest BCUT2D eigenvalue weighted by molar-refractivity contribution is 0.0956. The number of carbonyl (C=O) groups excluding carboxylic acids is 1. The van der Waals surface area contributed by atoms with Crippen LogP contribution in [0.3, 0.4) is 0 Å². The highest BCUT2D eigenvalue weighted by Crippen LogP contribution is 2.16. The van der Waals surface area contributed by atoms with Gasteiger partial charge in [-0.05, 0) is 37.6 Å². The summed E-state index contributed by atoms with van der Waals surface area (Å²) in [5.74, 6) is 1.53. The molecule has 0 saturated carbocycles. The normalized spacial score (nSPS) is 11.0. The predicted molar refractivity (Wildman–Crippen MR) is 109 cm³/mol. The maximum absolute atomic E-state index is 11.8. The second-order valence-corrected chi connectivity index (χ2v) is 5.92. The molecule has 0 spiro atoms. The number of benzene rings is 2. The number of amides is 1. The van der Waals surface area contributed by atoms with Gasteiger partial charge in [-0.15, -0.1) is 0 Å². The van der Waals surface area contributed by atoms with E-state index in [1.807, 2.05) is 62.4 Å². The molecular weight excluding hydrogens is 340 g/mol. The molecule has 0 aliphatic heterocycles. The first-order chi connectivity index (χ1) is 13.2. The molecule has 2 aromatic rings. The van der Waals surface area contributed by atoms with E-state index in [1.165, 1.54) is 0 Å². The van der Waals surface area contributed by atoms with Gasteiger partial charge < -0.3 is 20.7 Å². The zero-order chi connectivity index (χ0) is 19.5. The Morgan fingerprint density at radius 2 is 1.67 bits per heavy atom. The first kappa shape index (κ1) is 20.3. The second-order valence-electron chi connectivity index (χ2n) is 5.92. The number of carbonyl (C=O) groups is 1. The van der Waals surface area contributed by atoms with Crippen molar-refractivity contribution in [2.45, 2.75) is 26.9 Å². The fraction of sp³-hybridized carbons (Fsp3) is 0.333. The minimum Gasteiger partial charge on any atom is -0.496 e. The summed E-state index contributed by atoms with van der Waals surface area (Å²) in [6.45, 7) is 6.47. The van der Waals surface area contributed by atoms with Crippen molar-refractivity contribution in [2.24, 2.45) is 4.99 Å². The highest BCUT2D eigenvalue weighted by Gasteiger charge is 2.05.